The number of hydrogen-bond acceptors (Lipinski definition) is 4. The fourth-order valence-corrected chi connectivity index (χ4v) is 3.25. The molecule has 0 aromatic heterocycles. The second kappa shape index (κ2) is 5.92. The Kier molecular flexibility index (Phi) is 4.07. The zero-order valence-electron chi connectivity index (χ0n) is 13.7. The standard InChI is InChI=1S/C19H20O5/c1-13-8-9-16(23-2)15(10-13)19(17(20)21)11-18(22,12-24-19)14-6-4-3-5-7-14/h3-10,22H,11-12H2,1-2H3,(H,20,21). The zero-order chi connectivity index (χ0) is 17.4. The van der Waals surface area contributed by atoms with Crippen molar-refractivity contribution >= 4 is 5.97 Å². The van der Waals surface area contributed by atoms with E-state index in [0.29, 0.717) is 16.9 Å². The second-order valence-electron chi connectivity index (χ2n) is 6.20. The van der Waals surface area contributed by atoms with Crippen LogP contribution in [0.25, 0.3) is 0 Å². The lowest BCUT2D eigenvalue weighted by Gasteiger charge is -2.28. The summed E-state index contributed by atoms with van der Waals surface area (Å²) in [7, 11) is 1.49. The van der Waals surface area contributed by atoms with Crippen LogP contribution in [0, 0.1) is 6.92 Å². The van der Waals surface area contributed by atoms with E-state index in [1.165, 1.54) is 7.11 Å². The lowest BCUT2D eigenvalue weighted by Crippen LogP contribution is -2.37. The SMILES string of the molecule is COc1ccc(C)cc1C1(C(=O)O)CC(O)(c2ccccc2)CO1. The van der Waals surface area contributed by atoms with Crippen molar-refractivity contribution in [3.05, 3.63) is 65.2 Å². The molecule has 3 rings (SSSR count). The normalized spacial score (nSPS) is 26.3. The van der Waals surface area contributed by atoms with Gasteiger partial charge in [-0.05, 0) is 24.6 Å². The van der Waals surface area contributed by atoms with E-state index in [2.05, 4.69) is 0 Å². The van der Waals surface area contributed by atoms with E-state index in [0.717, 1.165) is 5.56 Å². The summed E-state index contributed by atoms with van der Waals surface area (Å²) in [4.78, 5) is 12.1. The maximum Gasteiger partial charge on any atom is 0.340 e. The summed E-state index contributed by atoms with van der Waals surface area (Å²) in [5.74, 6) is -0.710. The summed E-state index contributed by atoms with van der Waals surface area (Å²) >= 11 is 0. The molecule has 0 bridgehead atoms. The van der Waals surface area contributed by atoms with Crippen LogP contribution in [0.5, 0.6) is 5.75 Å². The van der Waals surface area contributed by atoms with Gasteiger partial charge in [-0.3, -0.25) is 0 Å². The molecule has 0 saturated carbocycles. The van der Waals surface area contributed by atoms with Crippen molar-refractivity contribution in [2.75, 3.05) is 13.7 Å². The van der Waals surface area contributed by atoms with Crippen LogP contribution in [0.1, 0.15) is 23.1 Å². The summed E-state index contributed by atoms with van der Waals surface area (Å²) in [6, 6.07) is 14.3. The Morgan fingerprint density at radius 1 is 1.21 bits per heavy atom. The predicted molar refractivity (Wildman–Crippen MR) is 88.0 cm³/mol. The summed E-state index contributed by atoms with van der Waals surface area (Å²) in [5.41, 5.74) is -1.06. The minimum atomic E-state index is -1.65. The van der Waals surface area contributed by atoms with Crippen LogP contribution in [0.4, 0.5) is 0 Å². The number of hydrogen-bond donors (Lipinski definition) is 2. The molecule has 1 fully saturated rings. The lowest BCUT2D eigenvalue weighted by molar-refractivity contribution is -0.161. The van der Waals surface area contributed by atoms with Gasteiger partial charge in [-0.25, -0.2) is 4.79 Å². The minimum Gasteiger partial charge on any atom is -0.496 e. The van der Waals surface area contributed by atoms with Crippen molar-refractivity contribution in [1.29, 1.82) is 0 Å². The number of benzene rings is 2. The second-order valence-corrected chi connectivity index (χ2v) is 6.20. The van der Waals surface area contributed by atoms with Gasteiger partial charge in [-0.15, -0.1) is 0 Å². The fraction of sp³-hybridized carbons (Fsp3) is 0.316. The first-order valence-electron chi connectivity index (χ1n) is 7.72. The zero-order valence-corrected chi connectivity index (χ0v) is 13.7. The molecule has 2 N–H and O–H groups in total. The van der Waals surface area contributed by atoms with Crippen LogP contribution < -0.4 is 4.74 Å². The van der Waals surface area contributed by atoms with Crippen LogP contribution in [0.15, 0.2) is 48.5 Å². The van der Waals surface area contributed by atoms with E-state index in [1.807, 2.05) is 19.1 Å². The first kappa shape index (κ1) is 16.5. The number of methoxy groups -OCH3 is 1. The molecule has 5 nitrogen and oxygen atoms in total. The largest absolute Gasteiger partial charge is 0.496 e. The first-order chi connectivity index (χ1) is 11.4. The molecule has 1 aliphatic rings. The predicted octanol–water partition coefficient (Wildman–Crippen LogP) is 2.59. The van der Waals surface area contributed by atoms with E-state index < -0.39 is 17.2 Å². The number of carbonyl (C=O) groups is 1. The van der Waals surface area contributed by atoms with Crippen LogP contribution in [0.3, 0.4) is 0 Å². The molecular formula is C19H20O5. The average molecular weight is 328 g/mol. The summed E-state index contributed by atoms with van der Waals surface area (Å²) < 4.78 is 11.1. The van der Waals surface area contributed by atoms with Crippen molar-refractivity contribution < 1.29 is 24.5 Å². The Hall–Kier alpha value is -2.37. The van der Waals surface area contributed by atoms with Crippen LogP contribution >= 0.6 is 0 Å². The van der Waals surface area contributed by atoms with E-state index in [1.54, 1.807) is 36.4 Å². The highest BCUT2D eigenvalue weighted by Crippen LogP contribution is 2.48. The molecule has 24 heavy (non-hydrogen) atoms. The van der Waals surface area contributed by atoms with E-state index in [9.17, 15) is 15.0 Å². The Morgan fingerprint density at radius 3 is 2.54 bits per heavy atom. The fourth-order valence-electron chi connectivity index (χ4n) is 3.25. The molecule has 2 unspecified atom stereocenters. The van der Waals surface area contributed by atoms with Crippen LogP contribution in [-0.2, 0) is 20.7 Å². The number of rotatable bonds is 4. The van der Waals surface area contributed by atoms with Crippen molar-refractivity contribution in [3.63, 3.8) is 0 Å². The molecule has 0 spiro atoms. The maximum absolute atomic E-state index is 12.1. The minimum absolute atomic E-state index is 0.0842. The monoisotopic (exact) mass is 328 g/mol. The molecular weight excluding hydrogens is 308 g/mol. The quantitative estimate of drug-likeness (QED) is 0.902. The van der Waals surface area contributed by atoms with Gasteiger partial charge in [0.2, 0.25) is 0 Å². The Balaban J connectivity index is 2.10. The molecule has 5 heteroatoms. The number of carboxylic acids is 1. The number of aliphatic carboxylic acids is 1. The molecule has 126 valence electrons. The molecule has 2 aromatic carbocycles. The summed E-state index contributed by atoms with van der Waals surface area (Å²) in [6.45, 7) is 1.78. The highest BCUT2D eigenvalue weighted by molar-refractivity contribution is 5.81. The average Bonchev–Trinajstić information content (AvgIpc) is 2.96. The van der Waals surface area contributed by atoms with E-state index in [4.69, 9.17) is 9.47 Å². The van der Waals surface area contributed by atoms with Gasteiger partial charge in [0, 0.05) is 12.0 Å². The van der Waals surface area contributed by atoms with Gasteiger partial charge in [0.1, 0.15) is 11.4 Å². The first-order valence-corrected chi connectivity index (χ1v) is 7.72. The van der Waals surface area contributed by atoms with E-state index in [-0.39, 0.29) is 13.0 Å². The molecule has 0 radical (unpaired) electrons. The Bertz CT molecular complexity index is 758. The highest BCUT2D eigenvalue weighted by atomic mass is 16.6. The van der Waals surface area contributed by atoms with Gasteiger partial charge in [-0.2, -0.15) is 0 Å². The molecule has 1 aliphatic heterocycles. The van der Waals surface area contributed by atoms with Gasteiger partial charge in [0.15, 0.2) is 5.60 Å². The smallest absolute Gasteiger partial charge is 0.340 e. The highest BCUT2D eigenvalue weighted by Gasteiger charge is 2.56. The molecule has 2 aromatic rings. The van der Waals surface area contributed by atoms with Crippen molar-refractivity contribution in [2.24, 2.45) is 0 Å². The summed E-state index contributed by atoms with van der Waals surface area (Å²) in [6.07, 6.45) is -0.0842. The van der Waals surface area contributed by atoms with Crippen molar-refractivity contribution in [2.45, 2.75) is 24.5 Å². The van der Waals surface area contributed by atoms with Gasteiger partial charge in [-0.1, -0.05) is 42.0 Å². The molecule has 2 atom stereocenters. The lowest BCUT2D eigenvalue weighted by atomic mass is 9.81. The number of ether oxygens (including phenoxy) is 2. The van der Waals surface area contributed by atoms with Crippen LogP contribution in [0.2, 0.25) is 0 Å². The molecule has 1 saturated heterocycles. The Morgan fingerprint density at radius 2 is 1.92 bits per heavy atom. The van der Waals surface area contributed by atoms with Gasteiger partial charge >= 0.3 is 5.97 Å². The third kappa shape index (κ3) is 2.56. The number of aryl methyl sites for hydroxylation is 1. The molecule has 0 amide bonds. The van der Waals surface area contributed by atoms with Crippen molar-refractivity contribution in [1.82, 2.24) is 0 Å². The molecule has 0 aliphatic carbocycles. The number of aliphatic hydroxyl groups is 1. The van der Waals surface area contributed by atoms with Gasteiger partial charge in [0.25, 0.3) is 0 Å². The third-order valence-corrected chi connectivity index (χ3v) is 4.55. The van der Waals surface area contributed by atoms with E-state index >= 15 is 0 Å². The molecule has 1 heterocycles. The Labute approximate surface area is 140 Å². The topological polar surface area (TPSA) is 76.0 Å². The van der Waals surface area contributed by atoms with Crippen molar-refractivity contribution in [3.8, 4) is 5.75 Å². The summed E-state index contributed by atoms with van der Waals surface area (Å²) in [5, 5.41) is 20.9. The van der Waals surface area contributed by atoms with Gasteiger partial charge in [0.05, 0.1) is 13.7 Å². The maximum atomic E-state index is 12.1. The third-order valence-electron chi connectivity index (χ3n) is 4.55. The van der Waals surface area contributed by atoms with Crippen LogP contribution in [-0.4, -0.2) is 29.9 Å². The van der Waals surface area contributed by atoms with Gasteiger partial charge < -0.3 is 19.7 Å². The number of carboxylic acid groups (broad SMARTS) is 1.